The number of halogens is 1. The van der Waals surface area contributed by atoms with Gasteiger partial charge in [0.05, 0.1) is 5.56 Å². The van der Waals surface area contributed by atoms with Crippen molar-refractivity contribution in [3.8, 4) is 11.5 Å². The van der Waals surface area contributed by atoms with E-state index in [9.17, 15) is 0 Å². The molecule has 0 aliphatic carbocycles. The summed E-state index contributed by atoms with van der Waals surface area (Å²) in [5, 5.41) is 0. The van der Waals surface area contributed by atoms with Crippen LogP contribution in [-0.4, -0.2) is 4.99 Å². The van der Waals surface area contributed by atoms with Gasteiger partial charge in [-0.15, -0.1) is 0 Å². The molecule has 2 aromatic carbocycles. The highest BCUT2D eigenvalue weighted by Crippen LogP contribution is 2.30. The van der Waals surface area contributed by atoms with Crippen LogP contribution in [0.25, 0.3) is 0 Å². The lowest BCUT2D eigenvalue weighted by molar-refractivity contribution is 0.477. The van der Waals surface area contributed by atoms with Crippen LogP contribution < -0.4 is 10.5 Å². The van der Waals surface area contributed by atoms with Crippen molar-refractivity contribution in [3.63, 3.8) is 0 Å². The Morgan fingerprint density at radius 1 is 1.17 bits per heavy atom. The number of benzene rings is 2. The maximum absolute atomic E-state index is 5.88. The fourth-order valence-electron chi connectivity index (χ4n) is 1.57. The van der Waals surface area contributed by atoms with Crippen molar-refractivity contribution in [3.05, 3.63) is 58.1 Å². The zero-order chi connectivity index (χ0) is 13.1. The Hall–Kier alpha value is -1.39. The number of hydrogen-bond acceptors (Lipinski definition) is 2. The Balaban J connectivity index is 2.42. The molecule has 2 nitrogen and oxygen atoms in total. The Bertz CT molecular complexity index is 598. The molecule has 0 saturated carbocycles. The summed E-state index contributed by atoms with van der Waals surface area (Å²) in [6.45, 7) is 1.99. The molecule has 0 unspecified atom stereocenters. The van der Waals surface area contributed by atoms with Gasteiger partial charge in [0.25, 0.3) is 0 Å². The van der Waals surface area contributed by atoms with E-state index in [1.54, 1.807) is 0 Å². The molecule has 0 bridgehead atoms. The van der Waals surface area contributed by atoms with Gasteiger partial charge in [-0.2, -0.15) is 0 Å². The van der Waals surface area contributed by atoms with E-state index in [1.807, 2.05) is 49.4 Å². The summed E-state index contributed by atoms with van der Waals surface area (Å²) in [7, 11) is 0. The van der Waals surface area contributed by atoms with Crippen LogP contribution in [0.15, 0.2) is 46.9 Å². The van der Waals surface area contributed by atoms with Crippen LogP contribution in [0.4, 0.5) is 0 Å². The smallest absolute Gasteiger partial charge is 0.138 e. The molecule has 2 N–H and O–H groups in total. The van der Waals surface area contributed by atoms with E-state index in [0.29, 0.717) is 10.7 Å². The van der Waals surface area contributed by atoms with Gasteiger partial charge in [0.1, 0.15) is 16.5 Å². The third-order valence-corrected chi connectivity index (χ3v) is 3.24. The maximum atomic E-state index is 5.88. The minimum Gasteiger partial charge on any atom is -0.456 e. The van der Waals surface area contributed by atoms with Crippen LogP contribution in [0.5, 0.6) is 11.5 Å². The number of para-hydroxylation sites is 1. The minimum absolute atomic E-state index is 0.325. The van der Waals surface area contributed by atoms with E-state index < -0.39 is 0 Å². The number of thiocarbonyl (C=S) groups is 1. The molecule has 0 atom stereocenters. The molecule has 0 fully saturated rings. The molecule has 2 aromatic rings. The monoisotopic (exact) mass is 321 g/mol. The predicted octanol–water partition coefficient (Wildman–Crippen LogP) is 4.18. The largest absolute Gasteiger partial charge is 0.456 e. The first-order chi connectivity index (χ1) is 8.58. The molecule has 0 aliphatic heterocycles. The van der Waals surface area contributed by atoms with Crippen LogP contribution >= 0.6 is 28.1 Å². The average Bonchev–Trinajstić information content (AvgIpc) is 2.32. The number of rotatable bonds is 3. The first-order valence-corrected chi connectivity index (χ1v) is 6.61. The van der Waals surface area contributed by atoms with Crippen molar-refractivity contribution in [1.82, 2.24) is 0 Å². The van der Waals surface area contributed by atoms with Gasteiger partial charge in [0, 0.05) is 4.47 Å². The Morgan fingerprint density at radius 2 is 1.89 bits per heavy atom. The Kier molecular flexibility index (Phi) is 3.99. The molecular formula is C14H12BrNOS. The molecule has 0 spiro atoms. The lowest BCUT2D eigenvalue weighted by atomic mass is 10.2. The number of aryl methyl sites for hydroxylation is 1. The van der Waals surface area contributed by atoms with Gasteiger partial charge < -0.3 is 10.5 Å². The van der Waals surface area contributed by atoms with Crippen LogP contribution in [-0.2, 0) is 0 Å². The second kappa shape index (κ2) is 5.50. The zero-order valence-corrected chi connectivity index (χ0v) is 12.2. The minimum atomic E-state index is 0.325. The SMILES string of the molecule is Cc1ccccc1Oc1cc(Br)ccc1C(N)=S. The molecule has 0 amide bonds. The number of nitrogens with two attached hydrogens (primary N) is 1. The summed E-state index contributed by atoms with van der Waals surface area (Å²) in [4.78, 5) is 0.325. The second-order valence-corrected chi connectivity index (χ2v) is 5.23. The van der Waals surface area contributed by atoms with Gasteiger partial charge in [-0.1, -0.05) is 46.3 Å². The third kappa shape index (κ3) is 2.89. The number of hydrogen-bond donors (Lipinski definition) is 1. The summed E-state index contributed by atoms with van der Waals surface area (Å²) in [6, 6.07) is 13.4. The van der Waals surface area contributed by atoms with Gasteiger partial charge in [0.2, 0.25) is 0 Å². The van der Waals surface area contributed by atoms with Gasteiger partial charge in [-0.3, -0.25) is 0 Å². The summed E-state index contributed by atoms with van der Waals surface area (Å²) < 4.78 is 6.81. The lowest BCUT2D eigenvalue weighted by Crippen LogP contribution is -2.10. The summed E-state index contributed by atoms with van der Waals surface area (Å²) in [6.07, 6.45) is 0. The Labute approximate surface area is 120 Å². The average molecular weight is 322 g/mol. The number of ether oxygens (including phenoxy) is 1. The first kappa shape index (κ1) is 13.1. The third-order valence-electron chi connectivity index (χ3n) is 2.52. The maximum Gasteiger partial charge on any atom is 0.138 e. The molecule has 2 rings (SSSR count). The van der Waals surface area contributed by atoms with Crippen LogP contribution in [0, 0.1) is 6.92 Å². The summed E-state index contributed by atoms with van der Waals surface area (Å²) >= 11 is 8.44. The highest BCUT2D eigenvalue weighted by molar-refractivity contribution is 9.10. The Morgan fingerprint density at radius 3 is 2.56 bits per heavy atom. The van der Waals surface area contributed by atoms with E-state index in [0.717, 1.165) is 21.3 Å². The molecule has 0 heterocycles. The van der Waals surface area contributed by atoms with Crippen LogP contribution in [0.1, 0.15) is 11.1 Å². The van der Waals surface area contributed by atoms with E-state index in [1.165, 1.54) is 0 Å². The van der Waals surface area contributed by atoms with Crippen molar-refractivity contribution in [2.75, 3.05) is 0 Å². The first-order valence-electron chi connectivity index (χ1n) is 5.41. The van der Waals surface area contributed by atoms with Crippen molar-refractivity contribution in [2.45, 2.75) is 6.92 Å². The van der Waals surface area contributed by atoms with Crippen molar-refractivity contribution >= 4 is 33.1 Å². The fraction of sp³-hybridized carbons (Fsp3) is 0.0714. The molecular weight excluding hydrogens is 310 g/mol. The van der Waals surface area contributed by atoms with E-state index in [2.05, 4.69) is 15.9 Å². The van der Waals surface area contributed by atoms with Gasteiger partial charge in [-0.25, -0.2) is 0 Å². The van der Waals surface area contributed by atoms with Crippen LogP contribution in [0.2, 0.25) is 0 Å². The molecule has 0 radical (unpaired) electrons. The van der Waals surface area contributed by atoms with Gasteiger partial charge in [0.15, 0.2) is 0 Å². The fourth-order valence-corrected chi connectivity index (χ4v) is 2.08. The second-order valence-electron chi connectivity index (χ2n) is 3.87. The van der Waals surface area contributed by atoms with Crippen molar-refractivity contribution < 1.29 is 4.74 Å². The molecule has 18 heavy (non-hydrogen) atoms. The lowest BCUT2D eigenvalue weighted by Gasteiger charge is -2.12. The molecule has 0 aromatic heterocycles. The van der Waals surface area contributed by atoms with Gasteiger partial charge >= 0.3 is 0 Å². The molecule has 92 valence electrons. The van der Waals surface area contributed by atoms with Gasteiger partial charge in [-0.05, 0) is 36.8 Å². The van der Waals surface area contributed by atoms with E-state index in [4.69, 9.17) is 22.7 Å². The topological polar surface area (TPSA) is 35.2 Å². The van der Waals surface area contributed by atoms with E-state index >= 15 is 0 Å². The van der Waals surface area contributed by atoms with Crippen molar-refractivity contribution in [2.24, 2.45) is 5.73 Å². The van der Waals surface area contributed by atoms with E-state index in [-0.39, 0.29) is 0 Å². The zero-order valence-electron chi connectivity index (χ0n) is 9.81. The summed E-state index contributed by atoms with van der Waals surface area (Å²) in [5.41, 5.74) is 7.49. The summed E-state index contributed by atoms with van der Waals surface area (Å²) in [5.74, 6) is 1.46. The predicted molar refractivity (Wildman–Crippen MR) is 81.3 cm³/mol. The quantitative estimate of drug-likeness (QED) is 0.861. The molecule has 0 aliphatic rings. The van der Waals surface area contributed by atoms with Crippen LogP contribution in [0.3, 0.4) is 0 Å². The molecule has 0 saturated heterocycles. The highest BCUT2D eigenvalue weighted by atomic mass is 79.9. The highest BCUT2D eigenvalue weighted by Gasteiger charge is 2.09. The normalized spacial score (nSPS) is 10.1. The van der Waals surface area contributed by atoms with Crippen molar-refractivity contribution in [1.29, 1.82) is 0 Å². The molecule has 4 heteroatoms. The standard InChI is InChI=1S/C14H12BrNOS/c1-9-4-2-3-5-12(9)17-13-8-10(15)6-7-11(13)14(16)18/h2-8H,1H3,(H2,16,18).